The molecule has 0 spiro atoms. The van der Waals surface area contributed by atoms with E-state index in [1.807, 2.05) is 20.8 Å². The summed E-state index contributed by atoms with van der Waals surface area (Å²) in [6.07, 6.45) is 2.56. The van der Waals surface area contributed by atoms with Crippen LogP contribution in [-0.2, 0) is 9.47 Å². The Morgan fingerprint density at radius 1 is 1.09 bits per heavy atom. The molecule has 0 radical (unpaired) electrons. The molecule has 2 aliphatic heterocycles. The molecule has 178 valence electrons. The van der Waals surface area contributed by atoms with E-state index >= 15 is 0 Å². The third-order valence-electron chi connectivity index (χ3n) is 5.92. The van der Waals surface area contributed by atoms with Crippen LogP contribution in [0.1, 0.15) is 55.6 Å². The van der Waals surface area contributed by atoms with Gasteiger partial charge in [0.25, 0.3) is 5.91 Å². The Hall–Kier alpha value is -2.94. The fourth-order valence-corrected chi connectivity index (χ4v) is 4.33. The van der Waals surface area contributed by atoms with Gasteiger partial charge in [-0.3, -0.25) is 4.79 Å². The number of piperidine rings is 1. The standard InChI is InChI=1S/C24H31FN4O4/c1-24(2,3)33-23(31)28-9-7-17(8-10-28)21-20(22(30)27-11-13-32-14-12-27)16-26-29(21)19-6-4-5-18(25)15-19/h4-6,15-17H,7-14H2,1-3H3. The molecule has 2 amide bonds. The zero-order valence-electron chi connectivity index (χ0n) is 19.4. The number of morpholine rings is 1. The summed E-state index contributed by atoms with van der Waals surface area (Å²) >= 11 is 0. The predicted molar refractivity (Wildman–Crippen MR) is 120 cm³/mol. The van der Waals surface area contributed by atoms with Crippen LogP contribution in [0.5, 0.6) is 0 Å². The Morgan fingerprint density at radius 2 is 1.79 bits per heavy atom. The van der Waals surface area contributed by atoms with E-state index in [0.29, 0.717) is 63.5 Å². The summed E-state index contributed by atoms with van der Waals surface area (Å²) in [6.45, 7) is 8.64. The van der Waals surface area contributed by atoms with Crippen LogP contribution in [0.3, 0.4) is 0 Å². The molecule has 0 atom stereocenters. The number of amides is 2. The summed E-state index contributed by atoms with van der Waals surface area (Å²) in [5.74, 6) is -0.463. The fourth-order valence-electron chi connectivity index (χ4n) is 4.33. The van der Waals surface area contributed by atoms with E-state index in [9.17, 15) is 14.0 Å². The third-order valence-corrected chi connectivity index (χ3v) is 5.92. The highest BCUT2D eigenvalue weighted by atomic mass is 19.1. The first kappa shape index (κ1) is 23.2. The van der Waals surface area contributed by atoms with Crippen molar-refractivity contribution in [3.63, 3.8) is 0 Å². The Labute approximate surface area is 193 Å². The lowest BCUT2D eigenvalue weighted by molar-refractivity contribution is 0.0201. The number of halogens is 1. The molecule has 9 heteroatoms. The Bertz CT molecular complexity index is 1000. The minimum Gasteiger partial charge on any atom is -0.444 e. The Morgan fingerprint density at radius 3 is 2.42 bits per heavy atom. The van der Waals surface area contributed by atoms with Gasteiger partial charge in [-0.25, -0.2) is 13.9 Å². The van der Waals surface area contributed by atoms with Crippen LogP contribution in [0, 0.1) is 5.82 Å². The van der Waals surface area contributed by atoms with Crippen molar-refractivity contribution < 1.29 is 23.5 Å². The van der Waals surface area contributed by atoms with Crippen LogP contribution in [-0.4, -0.2) is 76.6 Å². The Kier molecular flexibility index (Phi) is 6.69. The van der Waals surface area contributed by atoms with Gasteiger partial charge in [0, 0.05) is 32.1 Å². The summed E-state index contributed by atoms with van der Waals surface area (Å²) < 4.78 is 26.5. The average Bonchev–Trinajstić information content (AvgIpc) is 3.23. The molecular formula is C24H31FN4O4. The monoisotopic (exact) mass is 458 g/mol. The molecule has 1 aromatic carbocycles. The molecule has 0 saturated carbocycles. The van der Waals surface area contributed by atoms with Gasteiger partial charge in [-0.1, -0.05) is 6.07 Å². The van der Waals surface area contributed by atoms with Crippen LogP contribution < -0.4 is 0 Å². The molecule has 0 aliphatic carbocycles. The van der Waals surface area contributed by atoms with Gasteiger partial charge >= 0.3 is 6.09 Å². The maximum absolute atomic E-state index is 14.0. The van der Waals surface area contributed by atoms with Crippen molar-refractivity contribution in [2.75, 3.05) is 39.4 Å². The van der Waals surface area contributed by atoms with E-state index in [1.165, 1.54) is 12.1 Å². The van der Waals surface area contributed by atoms with E-state index in [4.69, 9.17) is 9.47 Å². The minimum atomic E-state index is -0.554. The van der Waals surface area contributed by atoms with Gasteiger partial charge in [0.05, 0.1) is 36.4 Å². The first-order valence-electron chi connectivity index (χ1n) is 11.4. The second kappa shape index (κ2) is 9.51. The van der Waals surface area contributed by atoms with E-state index < -0.39 is 5.60 Å². The second-order valence-corrected chi connectivity index (χ2v) is 9.48. The molecule has 0 N–H and O–H groups in total. The van der Waals surface area contributed by atoms with Gasteiger partial charge in [-0.05, 0) is 51.8 Å². The lowest BCUT2D eigenvalue weighted by Gasteiger charge is -2.34. The fraction of sp³-hybridized carbons (Fsp3) is 0.542. The van der Waals surface area contributed by atoms with Crippen LogP contribution >= 0.6 is 0 Å². The van der Waals surface area contributed by atoms with Crippen LogP contribution in [0.15, 0.2) is 30.5 Å². The normalized spacial score (nSPS) is 17.8. The number of carbonyl (C=O) groups excluding carboxylic acids is 2. The summed E-state index contributed by atoms with van der Waals surface area (Å²) in [6, 6.07) is 6.20. The zero-order chi connectivity index (χ0) is 23.6. The third kappa shape index (κ3) is 5.35. The number of likely N-dealkylation sites (tertiary alicyclic amines) is 1. The number of aromatic nitrogens is 2. The zero-order valence-corrected chi connectivity index (χ0v) is 19.4. The van der Waals surface area contributed by atoms with Crippen LogP contribution in [0.2, 0.25) is 0 Å². The number of nitrogens with zero attached hydrogens (tertiary/aromatic N) is 4. The molecule has 4 rings (SSSR count). The summed E-state index contributed by atoms with van der Waals surface area (Å²) in [4.78, 5) is 29.3. The lowest BCUT2D eigenvalue weighted by Crippen LogP contribution is -2.42. The summed E-state index contributed by atoms with van der Waals surface area (Å²) in [7, 11) is 0. The number of rotatable bonds is 3. The molecule has 2 saturated heterocycles. The lowest BCUT2D eigenvalue weighted by atomic mass is 9.90. The first-order chi connectivity index (χ1) is 15.7. The molecule has 0 bridgehead atoms. The van der Waals surface area contributed by atoms with Crippen molar-refractivity contribution in [1.29, 1.82) is 0 Å². The molecule has 3 heterocycles. The van der Waals surface area contributed by atoms with Crippen molar-refractivity contribution >= 4 is 12.0 Å². The first-order valence-corrected chi connectivity index (χ1v) is 11.4. The van der Waals surface area contributed by atoms with Gasteiger partial charge in [-0.15, -0.1) is 0 Å². The Balaban J connectivity index is 1.61. The van der Waals surface area contributed by atoms with E-state index in [0.717, 1.165) is 5.69 Å². The largest absolute Gasteiger partial charge is 0.444 e. The van der Waals surface area contributed by atoms with Gasteiger partial charge < -0.3 is 19.3 Å². The molecule has 2 fully saturated rings. The van der Waals surface area contributed by atoms with Gasteiger partial charge in [-0.2, -0.15) is 5.10 Å². The van der Waals surface area contributed by atoms with Crippen molar-refractivity contribution in [3.05, 3.63) is 47.5 Å². The number of carbonyl (C=O) groups is 2. The minimum absolute atomic E-state index is 0.00514. The van der Waals surface area contributed by atoms with Crippen LogP contribution in [0.4, 0.5) is 9.18 Å². The molecule has 33 heavy (non-hydrogen) atoms. The van der Waals surface area contributed by atoms with Crippen molar-refractivity contribution in [3.8, 4) is 5.69 Å². The maximum atomic E-state index is 14.0. The van der Waals surface area contributed by atoms with E-state index in [1.54, 1.807) is 32.8 Å². The molecule has 2 aliphatic rings. The smallest absolute Gasteiger partial charge is 0.410 e. The number of benzene rings is 1. The van der Waals surface area contributed by atoms with Gasteiger partial charge in [0.1, 0.15) is 11.4 Å². The number of hydrogen-bond donors (Lipinski definition) is 0. The van der Waals surface area contributed by atoms with Crippen molar-refractivity contribution in [2.24, 2.45) is 0 Å². The highest BCUT2D eigenvalue weighted by Gasteiger charge is 2.33. The summed E-state index contributed by atoms with van der Waals surface area (Å²) in [5.41, 5.74) is 1.31. The van der Waals surface area contributed by atoms with Crippen molar-refractivity contribution in [2.45, 2.75) is 45.1 Å². The second-order valence-electron chi connectivity index (χ2n) is 9.48. The maximum Gasteiger partial charge on any atom is 0.410 e. The average molecular weight is 459 g/mol. The highest BCUT2D eigenvalue weighted by molar-refractivity contribution is 5.95. The topological polar surface area (TPSA) is 76.9 Å². The SMILES string of the molecule is CC(C)(C)OC(=O)N1CCC(c2c(C(=O)N3CCOCC3)cnn2-c2cccc(F)c2)CC1. The van der Waals surface area contributed by atoms with E-state index in [2.05, 4.69) is 5.10 Å². The summed E-state index contributed by atoms with van der Waals surface area (Å²) in [5, 5.41) is 4.49. The molecule has 1 aromatic heterocycles. The molecule has 2 aromatic rings. The van der Waals surface area contributed by atoms with E-state index in [-0.39, 0.29) is 23.7 Å². The molecule has 8 nitrogen and oxygen atoms in total. The number of ether oxygens (including phenoxy) is 2. The number of hydrogen-bond acceptors (Lipinski definition) is 5. The van der Waals surface area contributed by atoms with Crippen LogP contribution in [0.25, 0.3) is 5.69 Å². The predicted octanol–water partition coefficient (Wildman–Crippen LogP) is 3.60. The van der Waals surface area contributed by atoms with Gasteiger partial charge in [0.15, 0.2) is 0 Å². The molecular weight excluding hydrogens is 427 g/mol. The molecule has 0 unspecified atom stereocenters. The van der Waals surface area contributed by atoms with Gasteiger partial charge in [0.2, 0.25) is 0 Å². The van der Waals surface area contributed by atoms with Crippen molar-refractivity contribution in [1.82, 2.24) is 19.6 Å². The highest BCUT2D eigenvalue weighted by Crippen LogP contribution is 2.33. The quantitative estimate of drug-likeness (QED) is 0.703.